The van der Waals surface area contributed by atoms with Crippen LogP contribution in [0.2, 0.25) is 0 Å². The summed E-state index contributed by atoms with van der Waals surface area (Å²) in [6, 6.07) is 19.8. The van der Waals surface area contributed by atoms with Gasteiger partial charge in [-0.25, -0.2) is 0 Å². The van der Waals surface area contributed by atoms with Crippen molar-refractivity contribution in [2.24, 2.45) is 0 Å². The highest BCUT2D eigenvalue weighted by Crippen LogP contribution is 2.27. The number of benzene rings is 2. The van der Waals surface area contributed by atoms with Crippen LogP contribution in [0.3, 0.4) is 0 Å². The lowest BCUT2D eigenvalue weighted by Gasteiger charge is -2.13. The fourth-order valence-corrected chi connectivity index (χ4v) is 3.77. The summed E-state index contributed by atoms with van der Waals surface area (Å²) in [6.07, 6.45) is 1.64. The molecule has 0 aliphatic rings. The number of anilines is 1. The molecule has 168 valence electrons. The molecule has 0 bridgehead atoms. The number of hydrogen-bond donors (Lipinski definition) is 1. The molecule has 5 aromatic rings. The third-order valence-corrected chi connectivity index (χ3v) is 5.66. The Labute approximate surface area is 194 Å². The normalized spacial score (nSPS) is 11.0. The average Bonchev–Trinajstić information content (AvgIpc) is 3.34. The van der Waals surface area contributed by atoms with Gasteiger partial charge >= 0.3 is 0 Å². The van der Waals surface area contributed by atoms with Crippen LogP contribution in [0.25, 0.3) is 33.9 Å². The van der Waals surface area contributed by atoms with E-state index in [0.717, 1.165) is 16.5 Å². The van der Waals surface area contributed by atoms with E-state index >= 15 is 0 Å². The summed E-state index contributed by atoms with van der Waals surface area (Å²) < 4.78 is 6.90. The van der Waals surface area contributed by atoms with Crippen molar-refractivity contribution in [1.82, 2.24) is 19.7 Å². The molecular formula is C26H21N5O3. The Bertz CT molecular complexity index is 1570. The van der Waals surface area contributed by atoms with Gasteiger partial charge in [0.1, 0.15) is 12.2 Å². The summed E-state index contributed by atoms with van der Waals surface area (Å²) in [5, 5.41) is 7.60. The second kappa shape index (κ2) is 8.74. The predicted octanol–water partition coefficient (Wildman–Crippen LogP) is 4.37. The number of rotatable bonds is 5. The molecule has 0 spiro atoms. The van der Waals surface area contributed by atoms with Crippen molar-refractivity contribution in [1.29, 1.82) is 0 Å². The van der Waals surface area contributed by atoms with E-state index in [-0.39, 0.29) is 23.9 Å². The van der Waals surface area contributed by atoms with Gasteiger partial charge < -0.3 is 9.84 Å². The molecule has 3 aromatic heterocycles. The predicted molar refractivity (Wildman–Crippen MR) is 129 cm³/mol. The molecule has 34 heavy (non-hydrogen) atoms. The Kier molecular flexibility index (Phi) is 5.47. The first-order valence-corrected chi connectivity index (χ1v) is 10.7. The Morgan fingerprint density at radius 3 is 2.62 bits per heavy atom. The van der Waals surface area contributed by atoms with Crippen molar-refractivity contribution in [3.8, 4) is 23.0 Å². The van der Waals surface area contributed by atoms with Gasteiger partial charge in [-0.15, -0.1) is 0 Å². The molecule has 0 saturated heterocycles. The van der Waals surface area contributed by atoms with Crippen molar-refractivity contribution in [3.05, 3.63) is 94.4 Å². The van der Waals surface area contributed by atoms with Gasteiger partial charge in [0.25, 0.3) is 11.4 Å². The third-order valence-electron chi connectivity index (χ3n) is 5.66. The van der Waals surface area contributed by atoms with Gasteiger partial charge in [0, 0.05) is 23.3 Å². The topological polar surface area (TPSA) is 103 Å². The number of pyridine rings is 2. The maximum absolute atomic E-state index is 13.1. The van der Waals surface area contributed by atoms with Crippen molar-refractivity contribution in [2.75, 3.05) is 5.32 Å². The van der Waals surface area contributed by atoms with Gasteiger partial charge in [0.15, 0.2) is 0 Å². The maximum Gasteiger partial charge on any atom is 0.259 e. The minimum Gasteiger partial charge on any atom is -0.334 e. The first kappa shape index (κ1) is 21.3. The summed E-state index contributed by atoms with van der Waals surface area (Å²) in [6.45, 7) is 3.87. The van der Waals surface area contributed by atoms with Crippen LogP contribution in [0.4, 0.5) is 5.69 Å². The minimum atomic E-state index is -0.346. The Balaban J connectivity index is 1.50. The first-order chi connectivity index (χ1) is 16.5. The van der Waals surface area contributed by atoms with Gasteiger partial charge in [-0.2, -0.15) is 4.98 Å². The average molecular weight is 451 g/mol. The van der Waals surface area contributed by atoms with E-state index in [0.29, 0.717) is 28.3 Å². The van der Waals surface area contributed by atoms with Crippen LogP contribution < -0.4 is 10.9 Å². The Morgan fingerprint density at radius 1 is 1.00 bits per heavy atom. The van der Waals surface area contributed by atoms with E-state index in [2.05, 4.69) is 20.4 Å². The first-order valence-electron chi connectivity index (χ1n) is 10.7. The van der Waals surface area contributed by atoms with Crippen molar-refractivity contribution < 1.29 is 9.32 Å². The van der Waals surface area contributed by atoms with Crippen LogP contribution in [0.15, 0.2) is 82.2 Å². The van der Waals surface area contributed by atoms with Gasteiger partial charge in [0.2, 0.25) is 11.7 Å². The van der Waals surface area contributed by atoms with Gasteiger partial charge in [-0.1, -0.05) is 35.5 Å². The molecule has 0 aliphatic carbocycles. The lowest BCUT2D eigenvalue weighted by atomic mass is 10.1. The van der Waals surface area contributed by atoms with E-state index < -0.39 is 0 Å². The van der Waals surface area contributed by atoms with E-state index in [1.54, 1.807) is 24.4 Å². The molecule has 8 nitrogen and oxygen atoms in total. The van der Waals surface area contributed by atoms with Crippen LogP contribution in [-0.4, -0.2) is 25.6 Å². The van der Waals surface area contributed by atoms with Gasteiger partial charge in [0.05, 0.1) is 11.1 Å². The number of amides is 1. The molecular weight excluding hydrogens is 430 g/mol. The van der Waals surface area contributed by atoms with Crippen molar-refractivity contribution in [3.63, 3.8) is 0 Å². The number of para-hydroxylation sites is 1. The fraction of sp³-hybridized carbons (Fsp3) is 0.115. The van der Waals surface area contributed by atoms with Crippen molar-refractivity contribution in [2.45, 2.75) is 20.4 Å². The van der Waals surface area contributed by atoms with E-state index in [1.807, 2.05) is 56.3 Å². The standard InChI is InChI=1S/C26H21N5O3/c1-16-10-11-18(13-17(16)2)28-23(32)15-31-22-9-4-3-7-19(22)20(14-24(31)33)26-29-25(30-34-26)21-8-5-6-12-27-21/h3-14H,15H2,1-2H3,(H,28,32). The van der Waals surface area contributed by atoms with Crippen molar-refractivity contribution >= 4 is 22.5 Å². The lowest BCUT2D eigenvalue weighted by molar-refractivity contribution is -0.116. The summed E-state index contributed by atoms with van der Waals surface area (Å²) in [7, 11) is 0. The number of carbonyl (C=O) groups is 1. The van der Waals surface area contributed by atoms with Gasteiger partial charge in [-0.05, 0) is 55.3 Å². The van der Waals surface area contributed by atoms with Crippen LogP contribution in [0.5, 0.6) is 0 Å². The molecule has 0 aliphatic heterocycles. The lowest BCUT2D eigenvalue weighted by Crippen LogP contribution is -2.27. The molecule has 0 unspecified atom stereocenters. The maximum atomic E-state index is 13.1. The zero-order valence-electron chi connectivity index (χ0n) is 18.6. The number of nitrogens with one attached hydrogen (secondary N) is 1. The van der Waals surface area contributed by atoms with E-state index in [9.17, 15) is 9.59 Å². The highest BCUT2D eigenvalue weighted by molar-refractivity contribution is 5.95. The summed E-state index contributed by atoms with van der Waals surface area (Å²) in [5.41, 5.74) is 4.23. The van der Waals surface area contributed by atoms with Crippen LogP contribution >= 0.6 is 0 Å². The molecule has 8 heteroatoms. The fourth-order valence-electron chi connectivity index (χ4n) is 3.77. The second-order valence-corrected chi connectivity index (χ2v) is 7.98. The van der Waals surface area contributed by atoms with Gasteiger partial charge in [-0.3, -0.25) is 19.1 Å². The van der Waals surface area contributed by atoms with Crippen LogP contribution in [0, 0.1) is 13.8 Å². The Hall–Kier alpha value is -4.59. The molecule has 5 rings (SSSR count). The number of carbonyl (C=O) groups excluding carboxylic acids is 1. The molecule has 0 atom stereocenters. The highest BCUT2D eigenvalue weighted by atomic mass is 16.5. The van der Waals surface area contributed by atoms with Crippen LogP contribution in [0.1, 0.15) is 11.1 Å². The zero-order valence-corrected chi connectivity index (χ0v) is 18.6. The summed E-state index contributed by atoms with van der Waals surface area (Å²) in [5.74, 6) is 0.246. The van der Waals surface area contributed by atoms with Crippen LogP contribution in [-0.2, 0) is 11.3 Å². The summed E-state index contributed by atoms with van der Waals surface area (Å²) >= 11 is 0. The Morgan fingerprint density at radius 2 is 1.82 bits per heavy atom. The second-order valence-electron chi connectivity index (χ2n) is 7.98. The number of fused-ring (bicyclic) bond motifs is 1. The quantitative estimate of drug-likeness (QED) is 0.426. The minimum absolute atomic E-state index is 0.129. The SMILES string of the molecule is Cc1ccc(NC(=O)Cn2c(=O)cc(-c3nc(-c4ccccn4)no3)c3ccccc32)cc1C. The highest BCUT2D eigenvalue weighted by Gasteiger charge is 2.18. The number of aryl methyl sites for hydroxylation is 2. The molecule has 1 N–H and O–H groups in total. The summed E-state index contributed by atoms with van der Waals surface area (Å²) in [4.78, 5) is 34.5. The molecule has 0 saturated carbocycles. The molecule has 0 fully saturated rings. The molecule has 2 aromatic carbocycles. The third kappa shape index (κ3) is 4.09. The smallest absolute Gasteiger partial charge is 0.259 e. The van der Waals surface area contributed by atoms with E-state index in [1.165, 1.54) is 10.6 Å². The largest absolute Gasteiger partial charge is 0.334 e. The zero-order chi connectivity index (χ0) is 23.7. The number of nitrogens with zero attached hydrogens (tertiary/aromatic N) is 4. The van der Waals surface area contributed by atoms with E-state index in [4.69, 9.17) is 4.52 Å². The molecule has 1 amide bonds. The number of hydrogen-bond acceptors (Lipinski definition) is 6. The molecule has 3 heterocycles. The monoisotopic (exact) mass is 451 g/mol. The molecule has 0 radical (unpaired) electrons. The number of aromatic nitrogens is 4.